The monoisotopic (exact) mass is 317 g/mol. The van der Waals surface area contributed by atoms with Crippen LogP contribution in [0, 0.1) is 0 Å². The Morgan fingerprint density at radius 1 is 0.792 bits per heavy atom. The number of morpholine rings is 1. The van der Waals surface area contributed by atoms with Crippen molar-refractivity contribution < 1.29 is 4.74 Å². The first-order chi connectivity index (χ1) is 11.9. The molecular weight excluding hydrogens is 298 g/mol. The fourth-order valence-corrected chi connectivity index (χ4v) is 2.94. The number of ether oxygens (including phenoxy) is 1. The average molecular weight is 317 g/mol. The number of aromatic nitrogens is 2. The van der Waals surface area contributed by atoms with E-state index in [4.69, 9.17) is 9.72 Å². The van der Waals surface area contributed by atoms with Crippen molar-refractivity contribution in [2.75, 3.05) is 31.2 Å². The molecule has 4 nitrogen and oxygen atoms in total. The number of anilines is 1. The van der Waals surface area contributed by atoms with Gasteiger partial charge in [0.2, 0.25) is 0 Å². The fourth-order valence-electron chi connectivity index (χ4n) is 2.94. The smallest absolute Gasteiger partial charge is 0.161 e. The molecule has 0 N–H and O–H groups in total. The summed E-state index contributed by atoms with van der Waals surface area (Å²) in [6.45, 7) is 3.17. The van der Waals surface area contributed by atoms with Gasteiger partial charge in [-0.2, -0.15) is 0 Å². The Bertz CT molecular complexity index is 800. The highest BCUT2D eigenvalue weighted by molar-refractivity contribution is 5.77. The second-order valence-electron chi connectivity index (χ2n) is 5.76. The molecule has 1 fully saturated rings. The van der Waals surface area contributed by atoms with Crippen molar-refractivity contribution in [1.29, 1.82) is 0 Å². The minimum absolute atomic E-state index is 0.735. The Labute approximate surface area is 141 Å². The Morgan fingerprint density at radius 3 is 2.08 bits per heavy atom. The minimum atomic E-state index is 0.735. The summed E-state index contributed by atoms with van der Waals surface area (Å²) >= 11 is 0. The first-order valence-electron chi connectivity index (χ1n) is 8.22. The van der Waals surface area contributed by atoms with Crippen LogP contribution >= 0.6 is 0 Å². The molecule has 2 aromatic carbocycles. The van der Waals surface area contributed by atoms with Gasteiger partial charge in [0.05, 0.1) is 13.2 Å². The lowest BCUT2D eigenvalue weighted by Gasteiger charge is -2.29. The highest BCUT2D eigenvalue weighted by Gasteiger charge is 2.19. The molecule has 1 aliphatic rings. The van der Waals surface area contributed by atoms with Gasteiger partial charge in [0.25, 0.3) is 0 Å². The second-order valence-corrected chi connectivity index (χ2v) is 5.76. The van der Waals surface area contributed by atoms with Gasteiger partial charge in [-0.3, -0.25) is 0 Å². The van der Waals surface area contributed by atoms with Gasteiger partial charge in [0.15, 0.2) is 5.82 Å². The van der Waals surface area contributed by atoms with Crippen LogP contribution in [-0.4, -0.2) is 36.3 Å². The molecule has 0 spiro atoms. The van der Waals surface area contributed by atoms with E-state index in [-0.39, 0.29) is 0 Å². The number of nitrogens with zero attached hydrogens (tertiary/aromatic N) is 3. The molecule has 0 radical (unpaired) electrons. The van der Waals surface area contributed by atoms with Gasteiger partial charge in [-0.05, 0) is 5.56 Å². The largest absolute Gasteiger partial charge is 0.378 e. The number of benzene rings is 2. The number of hydrogen-bond acceptors (Lipinski definition) is 4. The summed E-state index contributed by atoms with van der Waals surface area (Å²) in [5, 5.41) is 0. The van der Waals surface area contributed by atoms with Crippen molar-refractivity contribution in [2.24, 2.45) is 0 Å². The van der Waals surface area contributed by atoms with Crippen molar-refractivity contribution in [1.82, 2.24) is 9.97 Å². The molecule has 120 valence electrons. The summed E-state index contributed by atoms with van der Waals surface area (Å²) in [7, 11) is 0. The van der Waals surface area contributed by atoms with E-state index in [2.05, 4.69) is 22.0 Å². The van der Waals surface area contributed by atoms with Crippen molar-refractivity contribution in [2.45, 2.75) is 0 Å². The van der Waals surface area contributed by atoms with Crippen LogP contribution < -0.4 is 4.90 Å². The normalized spacial score (nSPS) is 14.6. The maximum absolute atomic E-state index is 5.50. The SMILES string of the molecule is c1ccc(-c2ncc(-c3ccccc3)c(N3CCOCC3)n2)cc1. The van der Waals surface area contributed by atoms with Crippen LogP contribution in [0.3, 0.4) is 0 Å². The molecule has 1 aromatic heterocycles. The van der Waals surface area contributed by atoms with Crippen molar-refractivity contribution in [3.05, 3.63) is 66.9 Å². The lowest BCUT2D eigenvalue weighted by molar-refractivity contribution is 0.122. The highest BCUT2D eigenvalue weighted by atomic mass is 16.5. The van der Waals surface area contributed by atoms with Crippen molar-refractivity contribution in [3.63, 3.8) is 0 Å². The predicted octanol–water partition coefficient (Wildman–Crippen LogP) is 3.65. The molecule has 2 heterocycles. The van der Waals surface area contributed by atoms with E-state index < -0.39 is 0 Å². The quantitative estimate of drug-likeness (QED) is 0.739. The summed E-state index contributed by atoms with van der Waals surface area (Å²) in [6.07, 6.45) is 1.94. The standard InChI is InChI=1S/C20H19N3O/c1-3-7-16(8-4-1)18-15-21-19(17-9-5-2-6-10-17)22-20(18)23-11-13-24-14-12-23/h1-10,15H,11-14H2. The third-order valence-corrected chi connectivity index (χ3v) is 4.20. The van der Waals surface area contributed by atoms with Gasteiger partial charge in [-0.15, -0.1) is 0 Å². The van der Waals surface area contributed by atoms with Crippen LogP contribution in [0.4, 0.5) is 5.82 Å². The second kappa shape index (κ2) is 6.81. The van der Waals surface area contributed by atoms with Gasteiger partial charge in [-0.1, -0.05) is 60.7 Å². The molecule has 0 aliphatic carbocycles. The fraction of sp³-hybridized carbons (Fsp3) is 0.200. The van der Waals surface area contributed by atoms with Crippen molar-refractivity contribution in [3.8, 4) is 22.5 Å². The summed E-state index contributed by atoms with van der Waals surface area (Å²) < 4.78 is 5.50. The van der Waals surface area contributed by atoms with Crippen LogP contribution in [0.25, 0.3) is 22.5 Å². The Hall–Kier alpha value is -2.72. The zero-order valence-electron chi connectivity index (χ0n) is 13.4. The van der Waals surface area contributed by atoms with E-state index in [1.54, 1.807) is 0 Å². The maximum atomic E-state index is 5.50. The summed E-state index contributed by atoms with van der Waals surface area (Å²) in [5.74, 6) is 1.75. The van der Waals surface area contributed by atoms with E-state index in [0.29, 0.717) is 0 Å². The van der Waals surface area contributed by atoms with Crippen LogP contribution in [0.2, 0.25) is 0 Å². The van der Waals surface area contributed by atoms with Gasteiger partial charge >= 0.3 is 0 Å². The van der Waals surface area contributed by atoms with Gasteiger partial charge in [0.1, 0.15) is 5.82 Å². The van der Waals surface area contributed by atoms with E-state index in [9.17, 15) is 0 Å². The van der Waals surface area contributed by atoms with Crippen molar-refractivity contribution >= 4 is 5.82 Å². The Kier molecular flexibility index (Phi) is 4.21. The van der Waals surface area contributed by atoms with Gasteiger partial charge < -0.3 is 9.64 Å². The average Bonchev–Trinajstić information content (AvgIpc) is 2.69. The summed E-state index contributed by atoms with van der Waals surface area (Å²) in [5.41, 5.74) is 3.24. The Balaban J connectivity index is 1.81. The van der Waals surface area contributed by atoms with Crippen LogP contribution in [0.15, 0.2) is 66.9 Å². The van der Waals surface area contributed by atoms with E-state index in [0.717, 1.165) is 54.6 Å². The van der Waals surface area contributed by atoms with Crippen LogP contribution in [0.5, 0.6) is 0 Å². The lowest BCUT2D eigenvalue weighted by Crippen LogP contribution is -2.37. The highest BCUT2D eigenvalue weighted by Crippen LogP contribution is 2.31. The van der Waals surface area contributed by atoms with Crippen LogP contribution in [0.1, 0.15) is 0 Å². The molecule has 3 aromatic rings. The third-order valence-electron chi connectivity index (χ3n) is 4.20. The third kappa shape index (κ3) is 3.01. The molecule has 4 rings (SSSR count). The molecular formula is C20H19N3O. The molecule has 0 amide bonds. The zero-order chi connectivity index (χ0) is 16.2. The van der Waals surface area contributed by atoms with E-state index in [1.165, 1.54) is 0 Å². The molecule has 4 heteroatoms. The first kappa shape index (κ1) is 14.8. The molecule has 0 bridgehead atoms. The van der Waals surface area contributed by atoms with Gasteiger partial charge in [0, 0.05) is 30.4 Å². The predicted molar refractivity (Wildman–Crippen MR) is 95.9 cm³/mol. The zero-order valence-corrected chi connectivity index (χ0v) is 13.4. The summed E-state index contributed by atoms with van der Waals surface area (Å²) in [4.78, 5) is 11.8. The molecule has 24 heavy (non-hydrogen) atoms. The van der Waals surface area contributed by atoms with E-state index in [1.807, 2.05) is 54.7 Å². The molecule has 0 unspecified atom stereocenters. The van der Waals surface area contributed by atoms with E-state index >= 15 is 0 Å². The number of hydrogen-bond donors (Lipinski definition) is 0. The minimum Gasteiger partial charge on any atom is -0.378 e. The molecule has 1 aliphatic heterocycles. The molecule has 0 atom stereocenters. The Morgan fingerprint density at radius 2 is 1.42 bits per heavy atom. The summed E-state index contributed by atoms with van der Waals surface area (Å²) in [6, 6.07) is 20.4. The van der Waals surface area contributed by atoms with Gasteiger partial charge in [-0.25, -0.2) is 9.97 Å². The number of rotatable bonds is 3. The first-order valence-corrected chi connectivity index (χ1v) is 8.22. The molecule has 1 saturated heterocycles. The maximum Gasteiger partial charge on any atom is 0.161 e. The topological polar surface area (TPSA) is 38.2 Å². The molecule has 0 saturated carbocycles. The van der Waals surface area contributed by atoms with Crippen LogP contribution in [-0.2, 0) is 4.74 Å². The lowest BCUT2D eigenvalue weighted by atomic mass is 10.1.